The van der Waals surface area contributed by atoms with Gasteiger partial charge in [0.15, 0.2) is 0 Å². The Balaban J connectivity index is 1.67. The van der Waals surface area contributed by atoms with Crippen LogP contribution in [0.25, 0.3) is 10.9 Å². The fraction of sp³-hybridized carbons (Fsp3) is 0.200. The average molecular weight is 336 g/mol. The maximum absolute atomic E-state index is 13.8. The molecule has 0 aliphatic heterocycles. The molecule has 4 nitrogen and oxygen atoms in total. The van der Waals surface area contributed by atoms with Crippen molar-refractivity contribution in [2.75, 3.05) is 7.05 Å². The number of likely N-dealkylation sites (N-methyl/N-ethyl adjacent to an activating group) is 1. The second kappa shape index (κ2) is 5.84. The Morgan fingerprint density at radius 3 is 2.48 bits per heavy atom. The summed E-state index contributed by atoms with van der Waals surface area (Å²) in [6.07, 6.45) is 2.87. The van der Waals surface area contributed by atoms with E-state index < -0.39 is 11.2 Å². The summed E-state index contributed by atoms with van der Waals surface area (Å²) in [5.41, 5.74) is 2.19. The van der Waals surface area contributed by atoms with Crippen molar-refractivity contribution in [1.29, 1.82) is 0 Å². The highest BCUT2D eigenvalue weighted by Crippen LogP contribution is 2.25. The number of carbonyl (C=O) groups excluding carboxylic acids is 1. The van der Waals surface area contributed by atoms with Crippen LogP contribution < -0.4 is 5.43 Å². The number of aromatic amines is 1. The van der Waals surface area contributed by atoms with E-state index in [0.717, 1.165) is 12.8 Å². The lowest BCUT2D eigenvalue weighted by atomic mass is 10.1. The van der Waals surface area contributed by atoms with E-state index in [-0.39, 0.29) is 28.4 Å². The van der Waals surface area contributed by atoms with Crippen molar-refractivity contribution in [2.24, 2.45) is 0 Å². The Labute approximate surface area is 143 Å². The Hall–Kier alpha value is -2.95. The minimum Gasteiger partial charge on any atom is -0.358 e. The zero-order valence-corrected chi connectivity index (χ0v) is 13.8. The van der Waals surface area contributed by atoms with Crippen LogP contribution in [0.2, 0.25) is 0 Å². The maximum Gasteiger partial charge on any atom is 0.259 e. The van der Waals surface area contributed by atoms with E-state index in [1.807, 2.05) is 12.1 Å². The SMILES string of the molecule is CN(C(=O)c1c[nH]c2c(F)cccc2c1=O)C1Cc2ccccc2C1. The zero-order chi connectivity index (χ0) is 17.6. The molecule has 1 N–H and O–H groups in total. The van der Waals surface area contributed by atoms with Crippen LogP contribution in [0.5, 0.6) is 0 Å². The molecule has 0 radical (unpaired) electrons. The summed E-state index contributed by atoms with van der Waals surface area (Å²) in [5, 5.41) is 0.189. The third-order valence-corrected chi connectivity index (χ3v) is 4.99. The number of nitrogens with one attached hydrogen (secondary N) is 1. The summed E-state index contributed by atoms with van der Waals surface area (Å²) < 4.78 is 13.8. The summed E-state index contributed by atoms with van der Waals surface area (Å²) in [7, 11) is 1.72. The molecule has 1 aliphatic rings. The van der Waals surface area contributed by atoms with Crippen LogP contribution in [-0.4, -0.2) is 28.9 Å². The number of amides is 1. The summed E-state index contributed by atoms with van der Waals surface area (Å²) >= 11 is 0. The van der Waals surface area contributed by atoms with Crippen LogP contribution in [0.15, 0.2) is 53.5 Å². The number of carbonyl (C=O) groups is 1. The number of aromatic nitrogens is 1. The molecular weight excluding hydrogens is 319 g/mol. The van der Waals surface area contributed by atoms with Gasteiger partial charge in [0.1, 0.15) is 11.4 Å². The molecule has 0 unspecified atom stereocenters. The lowest BCUT2D eigenvalue weighted by molar-refractivity contribution is 0.0736. The number of para-hydroxylation sites is 1. The smallest absolute Gasteiger partial charge is 0.259 e. The number of halogens is 1. The molecule has 2 aromatic carbocycles. The second-order valence-electron chi connectivity index (χ2n) is 6.44. The van der Waals surface area contributed by atoms with E-state index >= 15 is 0 Å². The molecule has 1 heterocycles. The van der Waals surface area contributed by atoms with Gasteiger partial charge >= 0.3 is 0 Å². The largest absolute Gasteiger partial charge is 0.358 e. The lowest BCUT2D eigenvalue weighted by Gasteiger charge is -2.24. The van der Waals surface area contributed by atoms with E-state index in [2.05, 4.69) is 17.1 Å². The monoisotopic (exact) mass is 336 g/mol. The fourth-order valence-corrected chi connectivity index (χ4v) is 3.54. The third kappa shape index (κ3) is 2.52. The van der Waals surface area contributed by atoms with Gasteiger partial charge in [-0.1, -0.05) is 30.3 Å². The first-order valence-electron chi connectivity index (χ1n) is 8.20. The Kier molecular flexibility index (Phi) is 3.64. The van der Waals surface area contributed by atoms with Crippen LogP contribution in [0.1, 0.15) is 21.5 Å². The van der Waals surface area contributed by atoms with Crippen molar-refractivity contribution in [2.45, 2.75) is 18.9 Å². The van der Waals surface area contributed by atoms with Crippen LogP contribution >= 0.6 is 0 Å². The number of rotatable bonds is 2. The second-order valence-corrected chi connectivity index (χ2v) is 6.44. The normalized spacial score (nSPS) is 13.8. The molecule has 126 valence electrons. The Bertz CT molecular complexity index is 1020. The van der Waals surface area contributed by atoms with Crippen molar-refractivity contribution in [3.05, 3.63) is 81.4 Å². The number of pyridine rings is 1. The number of H-pyrrole nitrogens is 1. The van der Waals surface area contributed by atoms with Gasteiger partial charge in [-0.25, -0.2) is 4.39 Å². The molecule has 0 fully saturated rings. The minimum atomic E-state index is -0.506. The van der Waals surface area contributed by atoms with Crippen molar-refractivity contribution in [1.82, 2.24) is 9.88 Å². The highest BCUT2D eigenvalue weighted by molar-refractivity contribution is 5.97. The highest BCUT2D eigenvalue weighted by atomic mass is 19.1. The molecule has 25 heavy (non-hydrogen) atoms. The maximum atomic E-state index is 13.8. The van der Waals surface area contributed by atoms with Gasteiger partial charge in [0.25, 0.3) is 5.91 Å². The van der Waals surface area contributed by atoms with Crippen molar-refractivity contribution in [3.63, 3.8) is 0 Å². The van der Waals surface area contributed by atoms with E-state index in [9.17, 15) is 14.0 Å². The van der Waals surface area contributed by atoms with Crippen molar-refractivity contribution < 1.29 is 9.18 Å². The molecular formula is C20H17FN2O2. The highest BCUT2D eigenvalue weighted by Gasteiger charge is 2.29. The van der Waals surface area contributed by atoms with Gasteiger partial charge in [-0.2, -0.15) is 0 Å². The molecule has 5 heteroatoms. The number of fused-ring (bicyclic) bond motifs is 2. The van der Waals surface area contributed by atoms with Gasteiger partial charge < -0.3 is 9.88 Å². The van der Waals surface area contributed by atoms with Crippen molar-refractivity contribution >= 4 is 16.8 Å². The average Bonchev–Trinajstić information content (AvgIpc) is 3.06. The first-order chi connectivity index (χ1) is 12.1. The molecule has 3 aromatic rings. The number of hydrogen-bond acceptors (Lipinski definition) is 2. The van der Waals surface area contributed by atoms with Gasteiger partial charge in [0, 0.05) is 24.7 Å². The van der Waals surface area contributed by atoms with Gasteiger partial charge in [0.05, 0.1) is 5.52 Å². The van der Waals surface area contributed by atoms with E-state index in [4.69, 9.17) is 0 Å². The molecule has 0 saturated heterocycles. The van der Waals surface area contributed by atoms with Gasteiger partial charge in [-0.3, -0.25) is 9.59 Å². The zero-order valence-electron chi connectivity index (χ0n) is 13.8. The first-order valence-corrected chi connectivity index (χ1v) is 8.20. The number of nitrogens with zero attached hydrogens (tertiary/aromatic N) is 1. The van der Waals surface area contributed by atoms with Crippen molar-refractivity contribution in [3.8, 4) is 0 Å². The molecule has 0 spiro atoms. The molecule has 0 atom stereocenters. The molecule has 1 aliphatic carbocycles. The molecule has 1 aromatic heterocycles. The number of benzene rings is 2. The molecule has 0 saturated carbocycles. The minimum absolute atomic E-state index is 0.0208. The summed E-state index contributed by atoms with van der Waals surface area (Å²) in [4.78, 5) is 29.8. The quantitative estimate of drug-likeness (QED) is 0.782. The predicted molar refractivity (Wildman–Crippen MR) is 94.3 cm³/mol. The number of hydrogen-bond donors (Lipinski definition) is 1. The van der Waals surface area contributed by atoms with Gasteiger partial charge in [-0.05, 0) is 36.1 Å². The molecule has 4 rings (SSSR count). The van der Waals surface area contributed by atoms with Crippen LogP contribution in [-0.2, 0) is 12.8 Å². The Morgan fingerprint density at radius 2 is 1.80 bits per heavy atom. The predicted octanol–water partition coefficient (Wildman–Crippen LogP) is 2.91. The summed E-state index contributed by atoms with van der Waals surface area (Å²) in [6, 6.07) is 12.4. The summed E-state index contributed by atoms with van der Waals surface area (Å²) in [6.45, 7) is 0. The molecule has 1 amide bonds. The van der Waals surface area contributed by atoms with Gasteiger partial charge in [-0.15, -0.1) is 0 Å². The van der Waals surface area contributed by atoms with Crippen LogP contribution in [0.3, 0.4) is 0 Å². The summed E-state index contributed by atoms with van der Waals surface area (Å²) in [5.74, 6) is -0.849. The lowest BCUT2D eigenvalue weighted by Crippen LogP contribution is -2.39. The topological polar surface area (TPSA) is 53.2 Å². The van der Waals surface area contributed by atoms with Crippen LogP contribution in [0, 0.1) is 5.82 Å². The van der Waals surface area contributed by atoms with E-state index in [1.54, 1.807) is 11.9 Å². The van der Waals surface area contributed by atoms with E-state index in [1.165, 1.54) is 35.5 Å². The first kappa shape index (κ1) is 15.6. The standard InChI is InChI=1S/C20H17FN2O2/c1-23(14-9-12-5-2-3-6-13(12)10-14)20(25)16-11-22-18-15(19(16)24)7-4-8-17(18)21/h2-8,11,14H,9-10H2,1H3,(H,22,24). The fourth-order valence-electron chi connectivity index (χ4n) is 3.54. The van der Waals surface area contributed by atoms with Gasteiger partial charge in [0.2, 0.25) is 5.43 Å². The Morgan fingerprint density at radius 1 is 1.12 bits per heavy atom. The van der Waals surface area contributed by atoms with E-state index in [0.29, 0.717) is 0 Å². The third-order valence-electron chi connectivity index (χ3n) is 4.99. The molecule has 0 bridgehead atoms. The van der Waals surface area contributed by atoms with Crippen LogP contribution in [0.4, 0.5) is 4.39 Å².